The number of fused-ring (bicyclic) bond motifs is 3. The van der Waals surface area contributed by atoms with Crippen molar-refractivity contribution in [3.05, 3.63) is 59.2 Å². The van der Waals surface area contributed by atoms with Gasteiger partial charge in [0.2, 0.25) is 5.91 Å². The van der Waals surface area contributed by atoms with E-state index in [1.165, 1.54) is 6.07 Å². The number of halogens is 1. The smallest absolute Gasteiger partial charge is 0.248 e. The highest BCUT2D eigenvalue weighted by Crippen LogP contribution is 2.32. The first-order valence-corrected chi connectivity index (χ1v) is 8.43. The number of rotatable bonds is 2. The minimum absolute atomic E-state index is 0.0626. The zero-order valence-corrected chi connectivity index (χ0v) is 14.2. The Balaban J connectivity index is 1.83. The quantitative estimate of drug-likeness (QED) is 0.845. The Morgan fingerprint density at radius 2 is 2.12 bits per heavy atom. The first-order chi connectivity index (χ1) is 12.0. The van der Waals surface area contributed by atoms with Crippen LogP contribution in [0.25, 0.3) is 5.70 Å². The average molecular weight is 338 g/mol. The van der Waals surface area contributed by atoms with E-state index in [0.29, 0.717) is 24.2 Å². The van der Waals surface area contributed by atoms with Crippen LogP contribution >= 0.6 is 0 Å². The first-order valence-electron chi connectivity index (χ1n) is 8.43. The number of hydrogen-bond acceptors (Lipinski definition) is 3. The minimum atomic E-state index is -0.221. The van der Waals surface area contributed by atoms with Crippen molar-refractivity contribution in [2.75, 3.05) is 13.1 Å². The lowest BCUT2D eigenvalue weighted by Gasteiger charge is -2.30. The average Bonchev–Trinajstić information content (AvgIpc) is 3.02. The van der Waals surface area contributed by atoms with E-state index < -0.39 is 0 Å². The number of amides is 1. The second-order valence-electron chi connectivity index (χ2n) is 6.60. The molecular weight excluding hydrogens is 319 g/mol. The van der Waals surface area contributed by atoms with Crippen LogP contribution in [0.3, 0.4) is 0 Å². The van der Waals surface area contributed by atoms with Gasteiger partial charge in [0.15, 0.2) is 0 Å². The van der Waals surface area contributed by atoms with E-state index in [-0.39, 0.29) is 24.3 Å². The van der Waals surface area contributed by atoms with Crippen molar-refractivity contribution in [2.24, 2.45) is 4.99 Å². The molecule has 0 saturated carbocycles. The van der Waals surface area contributed by atoms with Crippen molar-refractivity contribution < 1.29 is 9.18 Å². The molecule has 25 heavy (non-hydrogen) atoms. The SMILES string of the molecule is CC(C)n1cc(C2=NCC(=O)N3CCc4c(F)cccc4C3=C2)cn1. The molecule has 0 saturated heterocycles. The lowest BCUT2D eigenvalue weighted by atomic mass is 9.95. The third kappa shape index (κ3) is 2.67. The molecule has 1 amide bonds. The van der Waals surface area contributed by atoms with E-state index in [4.69, 9.17) is 0 Å². The normalized spacial score (nSPS) is 17.0. The number of benzene rings is 1. The number of carbonyl (C=O) groups is 1. The van der Waals surface area contributed by atoms with Crippen molar-refractivity contribution >= 4 is 17.3 Å². The van der Waals surface area contributed by atoms with Gasteiger partial charge in [0.25, 0.3) is 0 Å². The van der Waals surface area contributed by atoms with Crippen LogP contribution in [0.5, 0.6) is 0 Å². The number of nitrogens with zero attached hydrogens (tertiary/aromatic N) is 4. The van der Waals surface area contributed by atoms with Crippen molar-refractivity contribution in [1.82, 2.24) is 14.7 Å². The van der Waals surface area contributed by atoms with Gasteiger partial charge >= 0.3 is 0 Å². The van der Waals surface area contributed by atoms with Crippen molar-refractivity contribution in [1.29, 1.82) is 0 Å². The van der Waals surface area contributed by atoms with Crippen molar-refractivity contribution in [3.8, 4) is 0 Å². The summed E-state index contributed by atoms with van der Waals surface area (Å²) < 4.78 is 16.0. The fourth-order valence-corrected chi connectivity index (χ4v) is 3.30. The second kappa shape index (κ2) is 5.95. The maximum absolute atomic E-state index is 14.2. The molecule has 2 aliphatic rings. The molecule has 2 aromatic rings. The van der Waals surface area contributed by atoms with E-state index in [0.717, 1.165) is 16.8 Å². The fourth-order valence-electron chi connectivity index (χ4n) is 3.30. The zero-order valence-electron chi connectivity index (χ0n) is 14.2. The maximum atomic E-state index is 14.2. The van der Waals surface area contributed by atoms with Gasteiger partial charge in [-0.3, -0.25) is 14.5 Å². The lowest BCUT2D eigenvalue weighted by Crippen LogP contribution is -2.36. The lowest BCUT2D eigenvalue weighted by molar-refractivity contribution is -0.126. The van der Waals surface area contributed by atoms with Crippen LogP contribution < -0.4 is 0 Å². The Morgan fingerprint density at radius 3 is 2.88 bits per heavy atom. The molecule has 0 fully saturated rings. The van der Waals surface area contributed by atoms with E-state index in [9.17, 15) is 9.18 Å². The molecule has 3 heterocycles. The van der Waals surface area contributed by atoms with Gasteiger partial charge in [0.05, 0.1) is 17.6 Å². The number of hydrogen-bond donors (Lipinski definition) is 0. The molecule has 0 unspecified atom stereocenters. The number of allylic oxidation sites excluding steroid dienone is 1. The summed E-state index contributed by atoms with van der Waals surface area (Å²) in [7, 11) is 0. The summed E-state index contributed by atoms with van der Waals surface area (Å²) in [5, 5.41) is 4.35. The van der Waals surface area contributed by atoms with Crippen LogP contribution in [0.4, 0.5) is 4.39 Å². The fraction of sp³-hybridized carbons (Fsp3) is 0.316. The van der Waals surface area contributed by atoms with Gasteiger partial charge in [0.1, 0.15) is 12.4 Å². The molecule has 0 radical (unpaired) electrons. The van der Waals surface area contributed by atoms with Crippen molar-refractivity contribution in [3.63, 3.8) is 0 Å². The summed E-state index contributed by atoms with van der Waals surface area (Å²) >= 11 is 0. The van der Waals surface area contributed by atoms with Gasteiger partial charge in [0, 0.05) is 29.9 Å². The molecule has 0 aliphatic carbocycles. The zero-order chi connectivity index (χ0) is 17.6. The third-order valence-corrected chi connectivity index (χ3v) is 4.66. The van der Waals surface area contributed by atoms with Crippen LogP contribution in [-0.2, 0) is 11.2 Å². The number of aliphatic imine (C=N–C) groups is 1. The molecule has 6 heteroatoms. The first kappa shape index (κ1) is 15.7. The molecule has 2 aliphatic heterocycles. The molecule has 0 bridgehead atoms. The predicted molar refractivity (Wildman–Crippen MR) is 93.8 cm³/mol. The van der Waals surface area contributed by atoms with Gasteiger partial charge in [-0.15, -0.1) is 0 Å². The number of aromatic nitrogens is 2. The second-order valence-corrected chi connectivity index (χ2v) is 6.60. The molecule has 0 N–H and O–H groups in total. The van der Waals surface area contributed by atoms with Gasteiger partial charge in [-0.05, 0) is 38.0 Å². The highest BCUT2D eigenvalue weighted by molar-refractivity contribution is 6.14. The highest BCUT2D eigenvalue weighted by atomic mass is 19.1. The van der Waals surface area contributed by atoms with Crippen LogP contribution in [0, 0.1) is 5.82 Å². The van der Waals surface area contributed by atoms with Crippen LogP contribution in [0.15, 0.2) is 41.7 Å². The summed E-state index contributed by atoms with van der Waals surface area (Å²) in [5.41, 5.74) is 3.72. The van der Waals surface area contributed by atoms with Gasteiger partial charge < -0.3 is 4.90 Å². The van der Waals surface area contributed by atoms with Crippen LogP contribution in [0.2, 0.25) is 0 Å². The summed E-state index contributed by atoms with van der Waals surface area (Å²) in [6, 6.07) is 5.26. The standard InChI is InChI=1S/C19H19FN4O/c1-12(2)24-11-13(9-22-24)17-8-18-15-4-3-5-16(20)14(15)6-7-23(18)19(25)10-21-17/h3-5,8-9,11-12H,6-7,10H2,1-2H3. The Labute approximate surface area is 145 Å². The maximum Gasteiger partial charge on any atom is 0.248 e. The minimum Gasteiger partial charge on any atom is -0.310 e. The molecule has 5 nitrogen and oxygen atoms in total. The summed E-state index contributed by atoms with van der Waals surface area (Å²) in [6.45, 7) is 4.67. The monoisotopic (exact) mass is 338 g/mol. The predicted octanol–water partition coefficient (Wildman–Crippen LogP) is 2.83. The van der Waals surface area contributed by atoms with Crippen LogP contribution in [0.1, 0.15) is 36.6 Å². The third-order valence-electron chi connectivity index (χ3n) is 4.66. The molecule has 128 valence electrons. The molecular formula is C19H19FN4O. The van der Waals surface area contributed by atoms with E-state index >= 15 is 0 Å². The topological polar surface area (TPSA) is 50.5 Å². The molecule has 1 aromatic carbocycles. The van der Waals surface area contributed by atoms with Crippen LogP contribution in [-0.4, -0.2) is 39.4 Å². The Kier molecular flexibility index (Phi) is 3.75. The Bertz CT molecular complexity index is 910. The van der Waals surface area contributed by atoms with Gasteiger partial charge in [-0.1, -0.05) is 12.1 Å². The highest BCUT2D eigenvalue weighted by Gasteiger charge is 2.29. The summed E-state index contributed by atoms with van der Waals surface area (Å²) in [6.07, 6.45) is 6.08. The van der Waals surface area contributed by atoms with E-state index in [1.54, 1.807) is 17.2 Å². The van der Waals surface area contributed by atoms with Gasteiger partial charge in [-0.25, -0.2) is 4.39 Å². The molecule has 0 atom stereocenters. The summed E-state index contributed by atoms with van der Waals surface area (Å²) in [4.78, 5) is 18.7. The van der Waals surface area contributed by atoms with Crippen molar-refractivity contribution in [2.45, 2.75) is 26.3 Å². The summed E-state index contributed by atoms with van der Waals surface area (Å²) in [5.74, 6) is -0.284. The Morgan fingerprint density at radius 1 is 1.28 bits per heavy atom. The van der Waals surface area contributed by atoms with Gasteiger partial charge in [-0.2, -0.15) is 5.10 Å². The molecule has 0 spiro atoms. The van der Waals surface area contributed by atoms with E-state index in [2.05, 4.69) is 23.9 Å². The largest absolute Gasteiger partial charge is 0.310 e. The molecule has 4 rings (SSSR count). The van der Waals surface area contributed by atoms with E-state index in [1.807, 2.05) is 23.0 Å². The Hall–Kier alpha value is -2.76. The molecule has 1 aromatic heterocycles. The number of carbonyl (C=O) groups excluding carboxylic acids is 1.